The molecule has 2 aromatic heterocycles. The molecule has 1 atom stereocenters. The Balaban J connectivity index is 1.61. The van der Waals surface area contributed by atoms with Crippen molar-refractivity contribution in [1.29, 1.82) is 0 Å². The molecule has 2 aromatic rings. The number of rotatable bonds is 3. The van der Waals surface area contributed by atoms with Gasteiger partial charge in [-0.05, 0) is 43.4 Å². The summed E-state index contributed by atoms with van der Waals surface area (Å²) in [6, 6.07) is 3.48. The molecular formula is C20H25N5O2. The fourth-order valence-electron chi connectivity index (χ4n) is 4.40. The molecule has 0 N–H and O–H groups in total. The summed E-state index contributed by atoms with van der Waals surface area (Å²) < 4.78 is 1.70. The number of piperidine rings is 1. The Kier molecular flexibility index (Phi) is 4.25. The van der Waals surface area contributed by atoms with Crippen molar-refractivity contribution in [3.8, 4) is 0 Å². The third-order valence-electron chi connectivity index (χ3n) is 5.86. The first-order valence-electron chi connectivity index (χ1n) is 9.40. The number of hydrogen-bond acceptors (Lipinski definition) is 5. The second kappa shape index (κ2) is 6.48. The maximum atomic E-state index is 12.9. The predicted molar refractivity (Wildman–Crippen MR) is 102 cm³/mol. The number of nitrogens with zero attached hydrogens (tertiary/aromatic N) is 5. The molecule has 7 heteroatoms. The van der Waals surface area contributed by atoms with Crippen molar-refractivity contribution in [2.45, 2.75) is 31.1 Å². The lowest BCUT2D eigenvalue weighted by atomic mass is 9.77. The Labute approximate surface area is 159 Å². The number of amides is 1. The first-order chi connectivity index (χ1) is 12.9. The normalized spacial score (nSPS) is 21.4. The summed E-state index contributed by atoms with van der Waals surface area (Å²) in [5.74, 6) is -0.154. The van der Waals surface area contributed by atoms with E-state index in [0.29, 0.717) is 24.7 Å². The topological polar surface area (TPSA) is 71.3 Å². The largest absolute Gasteiger partial charge is 0.348 e. The minimum Gasteiger partial charge on any atom is -0.348 e. The molecule has 27 heavy (non-hydrogen) atoms. The molecule has 0 saturated carbocycles. The zero-order chi connectivity index (χ0) is 19.2. The molecule has 1 amide bonds. The lowest BCUT2D eigenvalue weighted by Gasteiger charge is -2.40. The van der Waals surface area contributed by atoms with Crippen LogP contribution in [0.2, 0.25) is 0 Å². The van der Waals surface area contributed by atoms with Crippen LogP contribution in [-0.2, 0) is 23.7 Å². The number of aromatic nitrogens is 3. The van der Waals surface area contributed by atoms with E-state index in [9.17, 15) is 9.59 Å². The van der Waals surface area contributed by atoms with Gasteiger partial charge in [0.1, 0.15) is 0 Å². The minimum atomic E-state index is -0.436. The Morgan fingerprint density at radius 1 is 1.26 bits per heavy atom. The fraction of sp³-hybridized carbons (Fsp3) is 0.500. The van der Waals surface area contributed by atoms with Crippen LogP contribution in [0.1, 0.15) is 41.0 Å². The van der Waals surface area contributed by atoms with Crippen molar-refractivity contribution in [2.75, 3.05) is 32.1 Å². The molecule has 2 aliphatic rings. The van der Waals surface area contributed by atoms with Crippen LogP contribution < -0.4 is 4.90 Å². The highest BCUT2D eigenvalue weighted by atomic mass is 16.2. The van der Waals surface area contributed by atoms with Gasteiger partial charge >= 0.3 is 0 Å². The average Bonchev–Trinajstić information content (AvgIpc) is 3.24. The van der Waals surface area contributed by atoms with E-state index in [-0.39, 0.29) is 5.41 Å². The summed E-state index contributed by atoms with van der Waals surface area (Å²) in [6.07, 6.45) is 7.46. The summed E-state index contributed by atoms with van der Waals surface area (Å²) >= 11 is 0. The number of carbonyl (C=O) groups is 2. The Bertz CT molecular complexity index is 900. The fourth-order valence-corrected chi connectivity index (χ4v) is 4.40. The van der Waals surface area contributed by atoms with E-state index < -0.39 is 11.7 Å². The molecule has 1 fully saturated rings. The van der Waals surface area contributed by atoms with Gasteiger partial charge in [-0.25, -0.2) is 9.97 Å². The number of Topliss-reactive ketones (excluding diaryl/α,β-unsaturated/α-hetero) is 1. The van der Waals surface area contributed by atoms with Crippen molar-refractivity contribution in [3.63, 3.8) is 0 Å². The number of anilines is 1. The molecule has 1 aliphatic heterocycles. The third-order valence-corrected chi connectivity index (χ3v) is 5.86. The van der Waals surface area contributed by atoms with E-state index in [0.717, 1.165) is 31.4 Å². The molecule has 0 radical (unpaired) electrons. The average molecular weight is 367 g/mol. The maximum absolute atomic E-state index is 12.9. The standard InChI is InChI=1S/C20H25N5O2/c1-23(2)19-21-12-14-7-9-20(17(14)22-19)8-5-11-25(13-20)18(27)16(26)15-6-4-10-24(15)3/h4,6,10,12H,5,7-9,11,13H2,1-3H3. The van der Waals surface area contributed by atoms with E-state index >= 15 is 0 Å². The Morgan fingerprint density at radius 2 is 2.07 bits per heavy atom. The van der Waals surface area contributed by atoms with Crippen LogP contribution >= 0.6 is 0 Å². The predicted octanol–water partition coefficient (Wildman–Crippen LogP) is 1.57. The van der Waals surface area contributed by atoms with Crippen LogP contribution in [0.15, 0.2) is 24.5 Å². The van der Waals surface area contributed by atoms with Crippen LogP contribution in [0.5, 0.6) is 0 Å². The number of fused-ring (bicyclic) bond motifs is 2. The first-order valence-corrected chi connectivity index (χ1v) is 9.40. The first kappa shape index (κ1) is 17.7. The van der Waals surface area contributed by atoms with Gasteiger partial charge < -0.3 is 14.4 Å². The van der Waals surface area contributed by atoms with Crippen molar-refractivity contribution in [2.24, 2.45) is 7.05 Å². The smallest absolute Gasteiger partial charge is 0.296 e. The van der Waals surface area contributed by atoms with Gasteiger partial charge in [0.15, 0.2) is 0 Å². The number of ketones is 1. The van der Waals surface area contributed by atoms with Gasteiger partial charge in [0.05, 0.1) is 11.4 Å². The highest BCUT2D eigenvalue weighted by molar-refractivity contribution is 6.42. The van der Waals surface area contributed by atoms with Gasteiger partial charge in [0.25, 0.3) is 11.7 Å². The maximum Gasteiger partial charge on any atom is 0.296 e. The molecule has 1 spiro atoms. The second-order valence-corrected chi connectivity index (χ2v) is 7.88. The van der Waals surface area contributed by atoms with Crippen LogP contribution in [0.25, 0.3) is 0 Å². The molecule has 1 unspecified atom stereocenters. The molecule has 1 saturated heterocycles. The summed E-state index contributed by atoms with van der Waals surface area (Å²) in [6.45, 7) is 1.18. The van der Waals surface area contributed by atoms with E-state index in [4.69, 9.17) is 4.98 Å². The highest BCUT2D eigenvalue weighted by Crippen LogP contribution is 2.44. The van der Waals surface area contributed by atoms with Crippen molar-refractivity contribution >= 4 is 17.6 Å². The van der Waals surface area contributed by atoms with Crippen molar-refractivity contribution in [1.82, 2.24) is 19.4 Å². The third kappa shape index (κ3) is 2.91. The van der Waals surface area contributed by atoms with Gasteiger partial charge in [0.2, 0.25) is 5.95 Å². The van der Waals surface area contributed by atoms with E-state index in [1.54, 1.807) is 34.8 Å². The number of aryl methyl sites for hydroxylation is 2. The van der Waals surface area contributed by atoms with Gasteiger partial charge in [0, 0.05) is 52.0 Å². The zero-order valence-corrected chi connectivity index (χ0v) is 16.1. The number of hydrogen-bond donors (Lipinski definition) is 0. The summed E-state index contributed by atoms with van der Waals surface area (Å²) in [4.78, 5) is 38.5. The Hall–Kier alpha value is -2.70. The lowest BCUT2D eigenvalue weighted by Crippen LogP contribution is -2.50. The second-order valence-electron chi connectivity index (χ2n) is 7.88. The van der Waals surface area contributed by atoms with E-state index in [1.807, 2.05) is 25.2 Å². The summed E-state index contributed by atoms with van der Waals surface area (Å²) in [7, 11) is 5.64. The number of likely N-dealkylation sites (tertiary alicyclic amines) is 1. The monoisotopic (exact) mass is 367 g/mol. The zero-order valence-electron chi connectivity index (χ0n) is 16.1. The Morgan fingerprint density at radius 3 is 2.78 bits per heavy atom. The molecule has 1 aliphatic carbocycles. The molecule has 3 heterocycles. The van der Waals surface area contributed by atoms with Crippen LogP contribution in [0.4, 0.5) is 5.95 Å². The highest BCUT2D eigenvalue weighted by Gasteiger charge is 2.45. The molecule has 142 valence electrons. The van der Waals surface area contributed by atoms with Crippen molar-refractivity contribution < 1.29 is 9.59 Å². The van der Waals surface area contributed by atoms with Crippen LogP contribution in [-0.4, -0.2) is 58.3 Å². The molecule has 4 rings (SSSR count). The van der Waals surface area contributed by atoms with Crippen molar-refractivity contribution in [3.05, 3.63) is 41.5 Å². The van der Waals surface area contributed by atoms with Crippen LogP contribution in [0, 0.1) is 0 Å². The van der Waals surface area contributed by atoms with Gasteiger partial charge in [-0.15, -0.1) is 0 Å². The molecule has 7 nitrogen and oxygen atoms in total. The van der Waals surface area contributed by atoms with Gasteiger partial charge in [-0.2, -0.15) is 0 Å². The minimum absolute atomic E-state index is 0.161. The number of carbonyl (C=O) groups excluding carboxylic acids is 2. The summed E-state index contributed by atoms with van der Waals surface area (Å²) in [5.41, 5.74) is 2.50. The summed E-state index contributed by atoms with van der Waals surface area (Å²) in [5, 5.41) is 0. The molecule has 0 bridgehead atoms. The van der Waals surface area contributed by atoms with Gasteiger partial charge in [-0.3, -0.25) is 9.59 Å². The SMILES string of the molecule is CN(C)c1ncc2c(n1)C1(CCCN(C(=O)C(=O)c3cccn3C)C1)CC2. The van der Waals surface area contributed by atoms with E-state index in [1.165, 1.54) is 5.56 Å². The molecular weight excluding hydrogens is 342 g/mol. The van der Waals surface area contributed by atoms with E-state index in [2.05, 4.69) is 4.98 Å². The van der Waals surface area contributed by atoms with Crippen LogP contribution in [0.3, 0.4) is 0 Å². The molecule has 0 aromatic carbocycles. The lowest BCUT2D eigenvalue weighted by molar-refractivity contribution is -0.128. The van der Waals surface area contributed by atoms with Gasteiger partial charge in [-0.1, -0.05) is 0 Å². The quantitative estimate of drug-likeness (QED) is 0.608.